The van der Waals surface area contributed by atoms with Crippen LogP contribution < -0.4 is 32.8 Å². The van der Waals surface area contributed by atoms with Crippen molar-refractivity contribution in [2.75, 3.05) is 36.4 Å². The van der Waals surface area contributed by atoms with E-state index in [-0.39, 0.29) is 69.8 Å². The Hall–Kier alpha value is -6.16. The minimum Gasteiger partial charge on any atom is -0.506 e. The predicted molar refractivity (Wildman–Crippen MR) is 291 cm³/mol. The molecule has 2 unspecified atom stereocenters. The van der Waals surface area contributed by atoms with Crippen molar-refractivity contribution in [2.45, 2.75) is 143 Å². The highest BCUT2D eigenvalue weighted by atomic mass is 32.2. The van der Waals surface area contributed by atoms with E-state index in [1.54, 1.807) is 67.8 Å². The summed E-state index contributed by atoms with van der Waals surface area (Å²) in [7, 11) is 1.54. The summed E-state index contributed by atoms with van der Waals surface area (Å²) in [6.45, 7) is 14.0. The van der Waals surface area contributed by atoms with Gasteiger partial charge in [-0.05, 0) is 78.3 Å². The third-order valence-electron chi connectivity index (χ3n) is 11.9. The van der Waals surface area contributed by atoms with Crippen LogP contribution in [0.15, 0.2) is 100.0 Å². The first kappa shape index (κ1) is 57.7. The summed E-state index contributed by atoms with van der Waals surface area (Å²) >= 11 is -4.39. The van der Waals surface area contributed by atoms with Gasteiger partial charge in [0, 0.05) is 24.8 Å². The summed E-state index contributed by atoms with van der Waals surface area (Å²) in [5.74, 6) is 0.962. The number of para-hydroxylation sites is 1. The number of aromatic nitrogens is 2. The van der Waals surface area contributed by atoms with Gasteiger partial charge in [-0.25, -0.2) is 4.68 Å². The van der Waals surface area contributed by atoms with Crippen LogP contribution in [-0.4, -0.2) is 50.2 Å². The van der Waals surface area contributed by atoms with Crippen molar-refractivity contribution in [1.29, 1.82) is 5.26 Å². The summed E-state index contributed by atoms with van der Waals surface area (Å²) in [6, 6.07) is 24.8. The maximum Gasteiger partial charge on any atom is 0.316 e. The van der Waals surface area contributed by atoms with Crippen molar-refractivity contribution in [3.8, 4) is 40.5 Å². The summed E-state index contributed by atoms with van der Waals surface area (Å²) in [4.78, 5) is 13.0. The molecule has 0 aliphatic rings. The largest absolute Gasteiger partial charge is 0.506 e. The molecule has 0 fully saturated rings. The van der Waals surface area contributed by atoms with Gasteiger partial charge in [0.25, 0.3) is 5.56 Å². The molecule has 0 radical (unpaired) electrons. The molecule has 0 saturated heterocycles. The molecule has 1 heterocycles. The summed E-state index contributed by atoms with van der Waals surface area (Å²) < 4.78 is 62.7. The number of hydrogen-bond acceptors (Lipinski definition) is 12. The number of unbranched alkanes of at least 4 members (excludes halogenated alkanes) is 13. The molecule has 1 aromatic heterocycles. The Morgan fingerprint density at radius 2 is 1.32 bits per heavy atom. The molecule has 0 aliphatic heterocycles. The lowest BCUT2D eigenvalue weighted by molar-refractivity contribution is 0.145. The molecule has 0 bridgehead atoms. The number of rotatable bonds is 33. The lowest BCUT2D eigenvalue weighted by atomic mass is 9.72. The fourth-order valence-electron chi connectivity index (χ4n) is 8.62. The van der Waals surface area contributed by atoms with E-state index < -0.39 is 28.1 Å². The number of benzene rings is 4. The molecule has 4 aromatic carbocycles. The Bertz CT molecular complexity index is 2660. The quantitative estimate of drug-likeness (QED) is 0.0177. The Morgan fingerprint density at radius 1 is 0.699 bits per heavy atom. The first-order chi connectivity index (χ1) is 35.1. The number of phenolic OH excluding ortho intramolecular Hbond substituents is 1. The Morgan fingerprint density at radius 3 is 1.93 bits per heavy atom. The number of nitrogens with one attached hydrogen (secondary N) is 3. The van der Waals surface area contributed by atoms with Gasteiger partial charge >= 0.3 is 22.5 Å². The highest BCUT2D eigenvalue weighted by molar-refractivity contribution is 7.82. The first-order valence-corrected chi connectivity index (χ1v) is 27.6. The number of nitriles is 1. The monoisotopic (exact) mass is 1040 g/mol. The van der Waals surface area contributed by atoms with E-state index >= 15 is 0 Å². The molecular weight excluding hydrogens is 967 g/mol. The van der Waals surface area contributed by atoms with E-state index in [0.717, 1.165) is 31.2 Å². The van der Waals surface area contributed by atoms with Crippen LogP contribution in [-0.2, 0) is 32.7 Å². The number of H-pyrrole nitrogens is 1. The van der Waals surface area contributed by atoms with Gasteiger partial charge in [0.1, 0.15) is 29.9 Å². The highest BCUT2D eigenvalue weighted by Gasteiger charge is 2.31. The maximum absolute atomic E-state index is 13.7. The minimum absolute atomic E-state index is 0.00416. The SMILES string of the molecule is CCCCCCCCCCCCCCCCOc1cc(NS(=O)Oc2cc(NS(=O)Oc3ccc(N=Nc4c(C#N)[nH]n(-c5ccccc5)c4=O)cc3)ccc2OCCOC)c(O)cc1C(C)(C)CC(C)(C)C. The average Bonchev–Trinajstić information content (AvgIpc) is 3.67. The van der Waals surface area contributed by atoms with E-state index in [1.807, 2.05) is 12.1 Å². The van der Waals surface area contributed by atoms with Gasteiger partial charge in [0.2, 0.25) is 0 Å². The van der Waals surface area contributed by atoms with Crippen LogP contribution in [0.5, 0.6) is 28.7 Å². The zero-order valence-electron chi connectivity index (χ0n) is 43.6. The van der Waals surface area contributed by atoms with Crippen molar-refractivity contribution in [3.63, 3.8) is 0 Å². The van der Waals surface area contributed by atoms with Gasteiger partial charge in [-0.2, -0.15) is 18.8 Å². The number of hydrogen-bond donors (Lipinski definition) is 4. The van der Waals surface area contributed by atoms with Crippen molar-refractivity contribution in [3.05, 3.63) is 107 Å². The van der Waals surface area contributed by atoms with E-state index in [1.165, 1.54) is 93.5 Å². The number of aromatic hydroxyl groups is 1. The Kier molecular flexibility index (Phi) is 23.3. The summed E-state index contributed by atoms with van der Waals surface area (Å²) in [5.41, 5.74) is 1.07. The van der Waals surface area contributed by atoms with Crippen molar-refractivity contribution < 1.29 is 36.1 Å². The fraction of sp³-hybridized carbons (Fsp3) is 0.491. The summed E-state index contributed by atoms with van der Waals surface area (Å²) in [6.07, 6.45) is 18.5. The lowest BCUT2D eigenvalue weighted by Gasteiger charge is -2.34. The van der Waals surface area contributed by atoms with E-state index in [4.69, 9.17) is 22.6 Å². The highest BCUT2D eigenvalue weighted by Crippen LogP contribution is 2.44. The van der Waals surface area contributed by atoms with Crippen LogP contribution in [0, 0.1) is 16.7 Å². The Balaban J connectivity index is 1.20. The molecule has 0 saturated carbocycles. The smallest absolute Gasteiger partial charge is 0.316 e. The van der Waals surface area contributed by atoms with Crippen LogP contribution in [0.25, 0.3) is 5.69 Å². The molecule has 0 amide bonds. The van der Waals surface area contributed by atoms with E-state index in [0.29, 0.717) is 23.7 Å². The van der Waals surface area contributed by atoms with Crippen LogP contribution in [0.3, 0.4) is 0 Å². The lowest BCUT2D eigenvalue weighted by Crippen LogP contribution is -2.26. The standard InChI is InChI=1S/C55H75N7O9S2/c1-8-9-10-11-12-13-14-15-16-17-18-19-20-24-33-68-50-38-46(48(63)37-45(50)55(5,6)40-54(2,3)4)61-73(66)71-51-36-42(29-32-49(51)69-35-34-67-7)60-72(65)70-44-30-27-41(28-31-44)57-58-52-47(39-56)59-62(53(52)64)43-25-22-21-23-26-43/h21-23,25-32,36-38,59-61,63H,8-20,24,33-35,40H2,1-7H3. The molecule has 4 N–H and O–H groups in total. The van der Waals surface area contributed by atoms with Crippen LogP contribution in [0.1, 0.15) is 149 Å². The number of methoxy groups -OCH3 is 1. The van der Waals surface area contributed by atoms with Crippen molar-refractivity contribution in [2.24, 2.45) is 15.6 Å². The molecule has 2 atom stereocenters. The van der Waals surface area contributed by atoms with Gasteiger partial charge in [-0.3, -0.25) is 19.3 Å². The molecule has 0 aliphatic carbocycles. The van der Waals surface area contributed by atoms with Gasteiger partial charge in [-0.1, -0.05) is 143 Å². The maximum atomic E-state index is 13.7. The van der Waals surface area contributed by atoms with Gasteiger partial charge < -0.3 is 27.7 Å². The molecular formula is C55H75N7O9S2. The molecule has 5 aromatic rings. The van der Waals surface area contributed by atoms with Crippen molar-refractivity contribution in [1.82, 2.24) is 9.78 Å². The van der Waals surface area contributed by atoms with Crippen LogP contribution >= 0.6 is 0 Å². The molecule has 5 rings (SSSR count). The Labute approximate surface area is 436 Å². The zero-order chi connectivity index (χ0) is 52.6. The molecule has 18 heteroatoms. The van der Waals surface area contributed by atoms with Gasteiger partial charge in [0.15, 0.2) is 22.9 Å². The average molecular weight is 1040 g/mol. The molecule has 73 heavy (non-hydrogen) atoms. The van der Waals surface area contributed by atoms with Crippen molar-refractivity contribution >= 4 is 45.3 Å². The topological polar surface area (TPSA) is 211 Å². The van der Waals surface area contributed by atoms with E-state index in [9.17, 15) is 23.6 Å². The number of phenols is 1. The van der Waals surface area contributed by atoms with Crippen LogP contribution in [0.4, 0.5) is 22.7 Å². The second-order valence-corrected chi connectivity index (χ2v) is 21.6. The predicted octanol–water partition coefficient (Wildman–Crippen LogP) is 13.9. The zero-order valence-corrected chi connectivity index (χ0v) is 45.3. The second-order valence-electron chi connectivity index (χ2n) is 19.9. The van der Waals surface area contributed by atoms with E-state index in [2.05, 4.69) is 66.3 Å². The number of azo groups is 1. The van der Waals surface area contributed by atoms with Crippen LogP contribution in [0.2, 0.25) is 0 Å². The number of nitrogens with zero attached hydrogens (tertiary/aromatic N) is 4. The number of ether oxygens (including phenoxy) is 3. The minimum atomic E-state index is -2.26. The second kappa shape index (κ2) is 29.5. The molecule has 0 spiro atoms. The first-order valence-electron chi connectivity index (χ1n) is 25.4. The summed E-state index contributed by atoms with van der Waals surface area (Å²) in [5, 5.41) is 31.9. The number of aromatic amines is 1. The fourth-order valence-corrected chi connectivity index (χ4v) is 9.94. The normalized spacial score (nSPS) is 12.6. The number of anilines is 2. The van der Waals surface area contributed by atoms with Gasteiger partial charge in [-0.15, -0.1) is 5.11 Å². The third-order valence-corrected chi connectivity index (χ3v) is 13.3. The molecule has 396 valence electrons. The third kappa shape index (κ3) is 19.3. The van der Waals surface area contributed by atoms with Gasteiger partial charge in [0.05, 0.1) is 36.0 Å². The molecule has 16 nitrogen and oxygen atoms in total.